The highest BCUT2D eigenvalue weighted by Crippen LogP contribution is 2.22. The maximum atomic E-state index is 12.9. The van der Waals surface area contributed by atoms with Crippen LogP contribution in [-0.4, -0.2) is 60.3 Å². The number of aliphatic hydroxyl groups is 1. The van der Waals surface area contributed by atoms with Crippen LogP contribution in [0.2, 0.25) is 0 Å². The zero-order valence-corrected chi connectivity index (χ0v) is 13.9. The number of hydrogen-bond acceptors (Lipinski definition) is 4. The van der Waals surface area contributed by atoms with Crippen molar-refractivity contribution in [2.24, 2.45) is 0 Å². The van der Waals surface area contributed by atoms with Gasteiger partial charge in [0.1, 0.15) is 5.82 Å². The van der Waals surface area contributed by atoms with Crippen LogP contribution in [0.4, 0.5) is 4.39 Å². The Morgan fingerprint density at radius 3 is 2.45 bits per heavy atom. The van der Waals surface area contributed by atoms with Gasteiger partial charge in [0, 0.05) is 19.6 Å². The van der Waals surface area contributed by atoms with Crippen LogP contribution in [0.15, 0.2) is 24.3 Å². The molecule has 1 aliphatic heterocycles. The summed E-state index contributed by atoms with van der Waals surface area (Å²) in [4.78, 5) is 1.91. The number of hydrogen-bond donors (Lipinski definition) is 1. The summed E-state index contributed by atoms with van der Waals surface area (Å²) in [6, 6.07) is 5.90. The summed E-state index contributed by atoms with van der Waals surface area (Å²) < 4.78 is 38.7. The van der Waals surface area contributed by atoms with Crippen molar-refractivity contribution in [3.63, 3.8) is 0 Å². The lowest BCUT2D eigenvalue weighted by Gasteiger charge is -2.26. The zero-order valence-electron chi connectivity index (χ0n) is 13.1. The molecule has 0 bridgehead atoms. The molecule has 0 saturated carbocycles. The van der Waals surface area contributed by atoms with Crippen LogP contribution in [0.25, 0.3) is 0 Å². The van der Waals surface area contributed by atoms with E-state index in [1.807, 2.05) is 11.9 Å². The SMILES string of the molecule is CC(C)S(=O)(=O)N1C[C@@H](O)[C@H](N(C)Cc2ccc(F)cc2)C1. The van der Waals surface area contributed by atoms with Crippen LogP contribution in [0.1, 0.15) is 19.4 Å². The molecule has 1 fully saturated rings. The Hall–Kier alpha value is -1.02. The zero-order chi connectivity index (χ0) is 16.5. The van der Waals surface area contributed by atoms with E-state index in [9.17, 15) is 17.9 Å². The van der Waals surface area contributed by atoms with E-state index < -0.39 is 21.4 Å². The van der Waals surface area contributed by atoms with Crippen molar-refractivity contribution in [2.45, 2.75) is 37.8 Å². The molecule has 124 valence electrons. The lowest BCUT2D eigenvalue weighted by molar-refractivity contribution is 0.0953. The number of sulfonamides is 1. The van der Waals surface area contributed by atoms with Gasteiger partial charge >= 0.3 is 0 Å². The van der Waals surface area contributed by atoms with E-state index >= 15 is 0 Å². The lowest BCUT2D eigenvalue weighted by atomic mass is 10.1. The molecule has 0 aromatic heterocycles. The fourth-order valence-electron chi connectivity index (χ4n) is 2.67. The van der Waals surface area contributed by atoms with Gasteiger partial charge in [0.2, 0.25) is 10.0 Å². The first-order valence-corrected chi connectivity index (χ1v) is 8.84. The second-order valence-electron chi connectivity index (χ2n) is 6.09. The quantitative estimate of drug-likeness (QED) is 0.876. The van der Waals surface area contributed by atoms with E-state index in [0.717, 1.165) is 5.56 Å². The molecule has 1 aliphatic rings. The minimum Gasteiger partial charge on any atom is -0.390 e. The molecule has 2 rings (SSSR count). The summed E-state index contributed by atoms with van der Waals surface area (Å²) in [5, 5.41) is 9.69. The Kier molecular flexibility index (Phi) is 5.21. The van der Waals surface area contributed by atoms with Crippen molar-refractivity contribution in [3.05, 3.63) is 35.6 Å². The smallest absolute Gasteiger partial charge is 0.216 e. The third-order valence-corrected chi connectivity index (χ3v) is 6.30. The van der Waals surface area contributed by atoms with Crippen LogP contribution in [-0.2, 0) is 16.6 Å². The lowest BCUT2D eigenvalue weighted by Crippen LogP contribution is -2.41. The number of β-amino-alcohol motifs (C(OH)–C–C–N with tert-alkyl or cyclic N) is 1. The van der Waals surface area contributed by atoms with Crippen molar-refractivity contribution in [1.29, 1.82) is 0 Å². The number of benzene rings is 1. The highest BCUT2D eigenvalue weighted by Gasteiger charge is 2.40. The van der Waals surface area contributed by atoms with Crippen LogP contribution in [0.3, 0.4) is 0 Å². The Bertz CT molecular complexity index is 604. The maximum absolute atomic E-state index is 12.9. The fraction of sp³-hybridized carbons (Fsp3) is 0.600. The van der Waals surface area contributed by atoms with Gasteiger partial charge in [0.25, 0.3) is 0 Å². The summed E-state index contributed by atoms with van der Waals surface area (Å²) in [5.41, 5.74) is 0.918. The standard InChI is InChI=1S/C15H23FN2O3S/c1-11(2)22(20,21)18-9-14(15(19)10-18)17(3)8-12-4-6-13(16)7-5-12/h4-7,11,14-15,19H,8-10H2,1-3H3/t14-,15-/m1/s1. The van der Waals surface area contributed by atoms with Crippen LogP contribution >= 0.6 is 0 Å². The fourth-order valence-corrected chi connectivity index (χ4v) is 3.99. The van der Waals surface area contributed by atoms with Crippen molar-refractivity contribution in [1.82, 2.24) is 9.21 Å². The summed E-state index contributed by atoms with van der Waals surface area (Å²) >= 11 is 0. The first-order valence-electron chi connectivity index (χ1n) is 7.33. The van der Waals surface area contributed by atoms with Gasteiger partial charge in [-0.1, -0.05) is 12.1 Å². The van der Waals surface area contributed by atoms with E-state index in [-0.39, 0.29) is 24.9 Å². The van der Waals surface area contributed by atoms with Crippen molar-refractivity contribution >= 4 is 10.0 Å². The van der Waals surface area contributed by atoms with E-state index in [0.29, 0.717) is 6.54 Å². The molecule has 0 aliphatic carbocycles. The average Bonchev–Trinajstić information content (AvgIpc) is 2.84. The van der Waals surface area contributed by atoms with E-state index in [1.54, 1.807) is 26.0 Å². The predicted octanol–water partition coefficient (Wildman–Crippen LogP) is 1.04. The molecule has 1 aromatic carbocycles. The first-order chi connectivity index (χ1) is 10.2. The number of nitrogens with zero attached hydrogens (tertiary/aromatic N) is 2. The molecule has 1 aromatic rings. The second-order valence-corrected chi connectivity index (χ2v) is 8.58. The highest BCUT2D eigenvalue weighted by molar-refractivity contribution is 7.89. The monoisotopic (exact) mass is 330 g/mol. The van der Waals surface area contributed by atoms with Gasteiger partial charge in [-0.2, -0.15) is 4.31 Å². The minimum atomic E-state index is -3.36. The van der Waals surface area contributed by atoms with Gasteiger partial charge in [-0.15, -0.1) is 0 Å². The molecule has 1 N–H and O–H groups in total. The summed E-state index contributed by atoms with van der Waals surface area (Å²) in [6.45, 7) is 4.20. The number of likely N-dealkylation sites (N-methyl/N-ethyl adjacent to an activating group) is 1. The Balaban J connectivity index is 2.05. The first kappa shape index (κ1) is 17.3. The van der Waals surface area contributed by atoms with Crippen LogP contribution < -0.4 is 0 Å². The van der Waals surface area contributed by atoms with Gasteiger partial charge in [0.15, 0.2) is 0 Å². The van der Waals surface area contributed by atoms with E-state index in [2.05, 4.69) is 0 Å². The summed E-state index contributed by atoms with van der Waals surface area (Å²) in [6.07, 6.45) is -0.723. The largest absolute Gasteiger partial charge is 0.390 e. The van der Waals surface area contributed by atoms with Gasteiger partial charge < -0.3 is 5.11 Å². The van der Waals surface area contributed by atoms with Gasteiger partial charge in [-0.05, 0) is 38.6 Å². The third-order valence-electron chi connectivity index (χ3n) is 4.09. The molecular formula is C15H23FN2O3S. The Morgan fingerprint density at radius 1 is 1.32 bits per heavy atom. The summed E-state index contributed by atoms with van der Waals surface area (Å²) in [5.74, 6) is -0.290. The highest BCUT2D eigenvalue weighted by atomic mass is 32.2. The van der Waals surface area contributed by atoms with Crippen molar-refractivity contribution in [3.8, 4) is 0 Å². The molecule has 0 unspecified atom stereocenters. The third kappa shape index (κ3) is 3.65. The molecular weight excluding hydrogens is 307 g/mol. The van der Waals surface area contributed by atoms with Crippen molar-refractivity contribution in [2.75, 3.05) is 20.1 Å². The van der Waals surface area contributed by atoms with Gasteiger partial charge in [-0.25, -0.2) is 12.8 Å². The molecule has 1 heterocycles. The number of rotatable bonds is 5. The topological polar surface area (TPSA) is 60.9 Å². The molecule has 7 heteroatoms. The Morgan fingerprint density at radius 2 is 1.91 bits per heavy atom. The predicted molar refractivity (Wildman–Crippen MR) is 83.3 cm³/mol. The van der Waals surface area contributed by atoms with Crippen LogP contribution in [0.5, 0.6) is 0 Å². The second kappa shape index (κ2) is 6.62. The number of aliphatic hydroxyl groups excluding tert-OH is 1. The Labute approximate surface area is 131 Å². The molecule has 0 spiro atoms. The molecule has 2 atom stereocenters. The van der Waals surface area contributed by atoms with E-state index in [4.69, 9.17) is 0 Å². The normalized spacial score (nSPS) is 23.6. The van der Waals surface area contributed by atoms with E-state index in [1.165, 1.54) is 16.4 Å². The molecule has 1 saturated heterocycles. The maximum Gasteiger partial charge on any atom is 0.216 e. The van der Waals surface area contributed by atoms with Crippen LogP contribution in [0, 0.1) is 5.82 Å². The number of halogens is 1. The molecule has 5 nitrogen and oxygen atoms in total. The van der Waals surface area contributed by atoms with Crippen molar-refractivity contribution < 1.29 is 17.9 Å². The average molecular weight is 330 g/mol. The molecule has 22 heavy (non-hydrogen) atoms. The summed E-state index contributed by atoms with van der Waals surface area (Å²) in [7, 11) is -1.52. The molecule has 0 amide bonds. The minimum absolute atomic E-state index is 0.124. The molecule has 0 radical (unpaired) electrons. The van der Waals surface area contributed by atoms with Gasteiger partial charge in [0.05, 0.1) is 17.4 Å². The van der Waals surface area contributed by atoms with Gasteiger partial charge in [-0.3, -0.25) is 4.90 Å².